The highest BCUT2D eigenvalue weighted by Crippen LogP contribution is 2.23. The molecule has 2 heterocycles. The van der Waals surface area contributed by atoms with E-state index in [0.717, 1.165) is 16.9 Å². The van der Waals surface area contributed by atoms with Crippen LogP contribution in [0.5, 0.6) is 5.75 Å². The van der Waals surface area contributed by atoms with Crippen LogP contribution in [0.4, 0.5) is 5.69 Å². The Bertz CT molecular complexity index is 1350. The van der Waals surface area contributed by atoms with Crippen molar-refractivity contribution >= 4 is 34.7 Å². The molecule has 4 aromatic rings. The summed E-state index contributed by atoms with van der Waals surface area (Å²) in [5.74, 6) is 0.0377. The van der Waals surface area contributed by atoms with Crippen molar-refractivity contribution in [1.29, 1.82) is 0 Å². The summed E-state index contributed by atoms with van der Waals surface area (Å²) >= 11 is 6.23. The van der Waals surface area contributed by atoms with Crippen LogP contribution < -0.4 is 10.1 Å². The maximum atomic E-state index is 12.7. The normalized spacial score (nSPS) is 10.8. The molecule has 0 bridgehead atoms. The molecule has 1 N–H and O–H groups in total. The lowest BCUT2D eigenvalue weighted by atomic mass is 10.1. The van der Waals surface area contributed by atoms with Gasteiger partial charge in [0.15, 0.2) is 0 Å². The summed E-state index contributed by atoms with van der Waals surface area (Å²) in [6.07, 6.45) is 3.93. The molecule has 0 saturated heterocycles. The molecule has 168 valence electrons. The molecule has 4 rings (SSSR count). The number of carbonyl (C=O) groups excluding carboxylic acids is 2. The first kappa shape index (κ1) is 22.4. The molecule has 0 radical (unpaired) electrons. The van der Waals surface area contributed by atoms with Crippen molar-refractivity contribution < 1.29 is 14.3 Å². The fourth-order valence-electron chi connectivity index (χ4n) is 3.32. The van der Waals surface area contributed by atoms with Gasteiger partial charge in [0.2, 0.25) is 0 Å². The first-order valence-corrected chi connectivity index (χ1v) is 10.7. The minimum Gasteiger partial charge on any atom is -0.487 e. The molecule has 2 aromatic carbocycles. The Hall–Kier alpha value is -3.84. The Morgan fingerprint density at radius 3 is 2.67 bits per heavy atom. The molecule has 33 heavy (non-hydrogen) atoms. The van der Waals surface area contributed by atoms with E-state index in [1.807, 2.05) is 35.9 Å². The topological polar surface area (TPSA) is 75.9 Å². The van der Waals surface area contributed by atoms with Crippen LogP contribution in [0, 0.1) is 6.92 Å². The van der Waals surface area contributed by atoms with Gasteiger partial charge in [-0.2, -0.15) is 0 Å². The number of hydrogen-bond donors (Lipinski definition) is 1. The smallest absolute Gasteiger partial charge is 0.255 e. The number of halogens is 1. The van der Waals surface area contributed by atoms with Crippen LogP contribution in [-0.4, -0.2) is 40.2 Å². The van der Waals surface area contributed by atoms with Crippen molar-refractivity contribution in [1.82, 2.24) is 14.3 Å². The number of ether oxygens (including phenoxy) is 1. The summed E-state index contributed by atoms with van der Waals surface area (Å²) in [7, 11) is 3.30. The van der Waals surface area contributed by atoms with Gasteiger partial charge in [-0.15, -0.1) is 0 Å². The lowest BCUT2D eigenvalue weighted by molar-refractivity contribution is 0.0827. The number of nitrogens with zero attached hydrogens (tertiary/aromatic N) is 3. The minimum absolute atomic E-state index is 0.205. The van der Waals surface area contributed by atoms with Gasteiger partial charge in [-0.05, 0) is 55.0 Å². The molecule has 0 fully saturated rings. The van der Waals surface area contributed by atoms with Gasteiger partial charge in [0, 0.05) is 37.7 Å². The van der Waals surface area contributed by atoms with Gasteiger partial charge in [-0.25, -0.2) is 4.98 Å². The van der Waals surface area contributed by atoms with E-state index in [2.05, 4.69) is 10.3 Å². The number of fused-ring (bicyclic) bond motifs is 1. The summed E-state index contributed by atoms with van der Waals surface area (Å²) in [6.45, 7) is 2.31. The Labute approximate surface area is 196 Å². The molecule has 0 saturated carbocycles. The third-order valence-corrected chi connectivity index (χ3v) is 5.31. The number of hydrogen-bond acceptors (Lipinski definition) is 4. The summed E-state index contributed by atoms with van der Waals surface area (Å²) < 4.78 is 7.82. The first-order chi connectivity index (χ1) is 15.8. The molecule has 2 amide bonds. The summed E-state index contributed by atoms with van der Waals surface area (Å²) in [5.41, 5.74) is 4.08. The predicted octanol–water partition coefficient (Wildman–Crippen LogP) is 4.83. The summed E-state index contributed by atoms with van der Waals surface area (Å²) in [4.78, 5) is 30.8. The number of imidazole rings is 1. The molecular weight excluding hydrogens is 440 g/mol. The first-order valence-electron chi connectivity index (χ1n) is 10.3. The van der Waals surface area contributed by atoms with E-state index in [9.17, 15) is 9.59 Å². The van der Waals surface area contributed by atoms with Crippen molar-refractivity contribution in [3.63, 3.8) is 0 Å². The zero-order valence-corrected chi connectivity index (χ0v) is 19.3. The van der Waals surface area contributed by atoms with Crippen molar-refractivity contribution in [2.24, 2.45) is 0 Å². The number of aryl methyl sites for hydroxylation is 1. The average Bonchev–Trinajstić information content (AvgIpc) is 3.19. The van der Waals surface area contributed by atoms with Crippen LogP contribution in [0.2, 0.25) is 5.02 Å². The Morgan fingerprint density at radius 2 is 1.91 bits per heavy atom. The third kappa shape index (κ3) is 5.15. The maximum Gasteiger partial charge on any atom is 0.255 e. The van der Waals surface area contributed by atoms with Crippen LogP contribution in [0.1, 0.15) is 32.0 Å². The van der Waals surface area contributed by atoms with Crippen LogP contribution in [0.3, 0.4) is 0 Å². The van der Waals surface area contributed by atoms with E-state index in [4.69, 9.17) is 16.3 Å². The fourth-order valence-corrected chi connectivity index (χ4v) is 3.58. The predicted molar refractivity (Wildman–Crippen MR) is 128 cm³/mol. The van der Waals surface area contributed by atoms with Gasteiger partial charge in [0.05, 0.1) is 16.3 Å². The highest BCUT2D eigenvalue weighted by molar-refractivity contribution is 6.34. The Morgan fingerprint density at radius 1 is 1.09 bits per heavy atom. The van der Waals surface area contributed by atoms with E-state index >= 15 is 0 Å². The number of carbonyl (C=O) groups is 2. The SMILES string of the molecule is Cc1ccc2nc(COc3cccc(C(=O)Nc4ccc(C(=O)N(C)C)c(Cl)c4)c3)cn2c1. The molecular formula is C25H23ClN4O3. The van der Waals surface area contributed by atoms with E-state index < -0.39 is 0 Å². The molecule has 0 atom stereocenters. The maximum absolute atomic E-state index is 12.7. The molecule has 0 aliphatic heterocycles. The van der Waals surface area contributed by atoms with Crippen LogP contribution in [0.15, 0.2) is 67.0 Å². The quantitative estimate of drug-likeness (QED) is 0.445. The second-order valence-corrected chi connectivity index (χ2v) is 8.28. The standard InChI is InChI=1S/C25H23ClN4O3/c1-16-7-10-23-27-19(14-30(23)13-16)15-33-20-6-4-5-17(11-20)24(31)28-18-8-9-21(22(26)12-18)25(32)29(2)3/h4-14H,15H2,1-3H3,(H,28,31). The van der Waals surface area contributed by atoms with Gasteiger partial charge in [0.25, 0.3) is 11.8 Å². The highest BCUT2D eigenvalue weighted by atomic mass is 35.5. The summed E-state index contributed by atoms with van der Waals surface area (Å²) in [5, 5.41) is 3.07. The molecule has 7 nitrogen and oxygen atoms in total. The number of rotatable bonds is 6. The highest BCUT2D eigenvalue weighted by Gasteiger charge is 2.14. The van der Waals surface area contributed by atoms with Gasteiger partial charge in [0.1, 0.15) is 18.0 Å². The van der Waals surface area contributed by atoms with Crippen LogP contribution in [0.25, 0.3) is 5.65 Å². The zero-order valence-electron chi connectivity index (χ0n) is 18.5. The largest absolute Gasteiger partial charge is 0.487 e. The zero-order chi connectivity index (χ0) is 23.5. The minimum atomic E-state index is -0.314. The van der Waals surface area contributed by atoms with Gasteiger partial charge in [-0.3, -0.25) is 9.59 Å². The van der Waals surface area contributed by atoms with Gasteiger partial charge >= 0.3 is 0 Å². The van der Waals surface area contributed by atoms with Gasteiger partial charge < -0.3 is 19.4 Å². The Kier molecular flexibility index (Phi) is 6.33. The number of anilines is 1. The van der Waals surface area contributed by atoms with Gasteiger partial charge in [-0.1, -0.05) is 23.7 Å². The molecule has 0 spiro atoms. The number of pyridine rings is 1. The van der Waals surface area contributed by atoms with Crippen LogP contribution in [-0.2, 0) is 6.61 Å². The van der Waals surface area contributed by atoms with E-state index in [1.54, 1.807) is 56.6 Å². The van der Waals surface area contributed by atoms with Crippen molar-refractivity contribution in [3.8, 4) is 5.75 Å². The second kappa shape index (κ2) is 9.34. The van der Waals surface area contributed by atoms with E-state index in [-0.39, 0.29) is 23.4 Å². The number of nitrogens with one attached hydrogen (secondary N) is 1. The van der Waals surface area contributed by atoms with Crippen molar-refractivity contribution in [2.45, 2.75) is 13.5 Å². The molecule has 0 aliphatic carbocycles. The van der Waals surface area contributed by atoms with E-state index in [1.165, 1.54) is 4.90 Å². The van der Waals surface area contributed by atoms with Crippen molar-refractivity contribution in [3.05, 3.63) is 94.4 Å². The molecule has 8 heteroatoms. The number of amides is 2. The second-order valence-electron chi connectivity index (χ2n) is 7.87. The molecule has 0 unspecified atom stereocenters. The monoisotopic (exact) mass is 462 g/mol. The number of benzene rings is 2. The third-order valence-electron chi connectivity index (χ3n) is 5.00. The van der Waals surface area contributed by atoms with Crippen LogP contribution >= 0.6 is 11.6 Å². The number of aromatic nitrogens is 2. The lowest BCUT2D eigenvalue weighted by Crippen LogP contribution is -2.22. The molecule has 0 aliphatic rings. The lowest BCUT2D eigenvalue weighted by Gasteiger charge is -2.13. The van der Waals surface area contributed by atoms with E-state index in [0.29, 0.717) is 22.6 Å². The average molecular weight is 463 g/mol. The summed E-state index contributed by atoms with van der Waals surface area (Å²) in [6, 6.07) is 15.7. The van der Waals surface area contributed by atoms with Crippen molar-refractivity contribution in [2.75, 3.05) is 19.4 Å². The fraction of sp³-hybridized carbons (Fsp3) is 0.160. The Balaban J connectivity index is 1.43. The molecule has 2 aromatic heterocycles.